The molecule has 0 fully saturated rings. The van der Waals surface area contributed by atoms with Crippen molar-refractivity contribution in [2.45, 2.75) is 32.6 Å². The molecule has 0 bridgehead atoms. The lowest BCUT2D eigenvalue weighted by Crippen LogP contribution is -1.92. The molecule has 1 atom stereocenters. The Balaban J connectivity index is 2.79. The van der Waals surface area contributed by atoms with Crippen LogP contribution in [0.3, 0.4) is 0 Å². The van der Waals surface area contributed by atoms with Crippen molar-refractivity contribution in [1.82, 2.24) is 0 Å². The zero-order valence-corrected chi connectivity index (χ0v) is 8.38. The Bertz CT molecular complexity index is 287. The van der Waals surface area contributed by atoms with Crippen molar-refractivity contribution in [2.75, 3.05) is 0 Å². The van der Waals surface area contributed by atoms with Gasteiger partial charge < -0.3 is 0 Å². The van der Waals surface area contributed by atoms with Crippen LogP contribution in [0.25, 0.3) is 0 Å². The van der Waals surface area contributed by atoms with Crippen LogP contribution in [0.4, 0.5) is 0 Å². The minimum atomic E-state index is 0.418. The predicted molar refractivity (Wildman–Crippen MR) is 57.5 cm³/mol. The summed E-state index contributed by atoms with van der Waals surface area (Å²) >= 11 is 0. The van der Waals surface area contributed by atoms with Gasteiger partial charge in [-0.15, -0.1) is 5.92 Å². The highest BCUT2D eigenvalue weighted by Crippen LogP contribution is 2.17. The average Bonchev–Trinajstić information content (AvgIpc) is 2.21. The molecule has 0 N–H and O–H groups in total. The zero-order valence-electron chi connectivity index (χ0n) is 8.38. The van der Waals surface area contributed by atoms with Crippen LogP contribution in [-0.2, 0) is 0 Å². The van der Waals surface area contributed by atoms with E-state index in [1.54, 1.807) is 0 Å². The summed E-state index contributed by atoms with van der Waals surface area (Å²) in [6.07, 6.45) is 2.04. The zero-order chi connectivity index (χ0) is 9.52. The first-order valence-corrected chi connectivity index (χ1v) is 4.91. The lowest BCUT2D eigenvalue weighted by Gasteiger charge is -2.06. The van der Waals surface area contributed by atoms with Gasteiger partial charge in [0.05, 0.1) is 0 Å². The first kappa shape index (κ1) is 9.86. The third-order valence-corrected chi connectivity index (χ3v) is 2.06. The largest absolute Gasteiger partial charge is 0.103 e. The standard InChI is InChI=1S/C13H16/c1-3-5-9-12(4-2)13-10-7-6-8-11-13/h6-8,10-12H,3-4H2,1-2H3. The minimum absolute atomic E-state index is 0.418. The second-order valence-corrected chi connectivity index (χ2v) is 3.05. The summed E-state index contributed by atoms with van der Waals surface area (Å²) < 4.78 is 0. The van der Waals surface area contributed by atoms with E-state index in [2.05, 4.69) is 50.0 Å². The molecule has 1 aromatic rings. The second kappa shape index (κ2) is 5.43. The maximum Gasteiger partial charge on any atom is 0.0449 e. The molecule has 0 spiro atoms. The second-order valence-electron chi connectivity index (χ2n) is 3.05. The fraction of sp³-hybridized carbons (Fsp3) is 0.385. The van der Waals surface area contributed by atoms with Crippen LogP contribution in [0.15, 0.2) is 30.3 Å². The third kappa shape index (κ3) is 2.95. The molecule has 1 aromatic carbocycles. The van der Waals surface area contributed by atoms with E-state index < -0.39 is 0 Å². The molecule has 0 nitrogen and oxygen atoms in total. The highest BCUT2D eigenvalue weighted by molar-refractivity contribution is 5.27. The van der Waals surface area contributed by atoms with Crippen LogP contribution < -0.4 is 0 Å². The molecule has 0 aliphatic carbocycles. The van der Waals surface area contributed by atoms with E-state index in [-0.39, 0.29) is 0 Å². The summed E-state index contributed by atoms with van der Waals surface area (Å²) in [7, 11) is 0. The molecule has 0 aliphatic heterocycles. The normalized spacial score (nSPS) is 11.5. The molecule has 1 rings (SSSR count). The van der Waals surface area contributed by atoms with Crippen LogP contribution >= 0.6 is 0 Å². The Morgan fingerprint density at radius 3 is 2.38 bits per heavy atom. The van der Waals surface area contributed by atoms with Crippen molar-refractivity contribution in [3.8, 4) is 11.8 Å². The van der Waals surface area contributed by atoms with E-state index in [0.29, 0.717) is 5.92 Å². The Morgan fingerprint density at radius 2 is 1.85 bits per heavy atom. The average molecular weight is 172 g/mol. The van der Waals surface area contributed by atoms with Gasteiger partial charge in [-0.2, -0.15) is 0 Å². The molecular weight excluding hydrogens is 156 g/mol. The number of rotatable bonds is 2. The van der Waals surface area contributed by atoms with E-state index in [1.807, 2.05) is 6.07 Å². The van der Waals surface area contributed by atoms with Crippen LogP contribution in [0.5, 0.6) is 0 Å². The first-order chi connectivity index (χ1) is 6.38. The number of benzene rings is 1. The third-order valence-electron chi connectivity index (χ3n) is 2.06. The van der Waals surface area contributed by atoms with Crippen molar-refractivity contribution >= 4 is 0 Å². The lowest BCUT2D eigenvalue weighted by atomic mass is 9.97. The molecule has 68 valence electrons. The summed E-state index contributed by atoms with van der Waals surface area (Å²) in [6.45, 7) is 4.27. The smallest absolute Gasteiger partial charge is 0.0449 e. The van der Waals surface area contributed by atoms with Crippen molar-refractivity contribution in [2.24, 2.45) is 0 Å². The highest BCUT2D eigenvalue weighted by atomic mass is 14.1. The summed E-state index contributed by atoms with van der Waals surface area (Å²) in [5.41, 5.74) is 1.34. The van der Waals surface area contributed by atoms with Gasteiger partial charge >= 0.3 is 0 Å². The number of hydrogen-bond donors (Lipinski definition) is 0. The van der Waals surface area contributed by atoms with Crippen LogP contribution in [0.2, 0.25) is 0 Å². The lowest BCUT2D eigenvalue weighted by molar-refractivity contribution is 0.829. The predicted octanol–water partition coefficient (Wildman–Crippen LogP) is 3.59. The van der Waals surface area contributed by atoms with E-state index in [0.717, 1.165) is 12.8 Å². The molecule has 0 saturated heterocycles. The molecule has 0 aliphatic rings. The molecule has 0 heteroatoms. The van der Waals surface area contributed by atoms with Crippen LogP contribution in [0, 0.1) is 11.8 Å². The maximum absolute atomic E-state index is 3.29. The van der Waals surface area contributed by atoms with E-state index >= 15 is 0 Å². The maximum atomic E-state index is 3.29. The van der Waals surface area contributed by atoms with Crippen molar-refractivity contribution in [3.63, 3.8) is 0 Å². The summed E-state index contributed by atoms with van der Waals surface area (Å²) in [6, 6.07) is 10.5. The SMILES string of the molecule is CCC#CC(CC)c1ccccc1. The minimum Gasteiger partial charge on any atom is -0.103 e. The monoisotopic (exact) mass is 172 g/mol. The van der Waals surface area contributed by atoms with Gasteiger partial charge in [0.25, 0.3) is 0 Å². The molecule has 0 saturated carbocycles. The van der Waals surface area contributed by atoms with Gasteiger partial charge in [-0.25, -0.2) is 0 Å². The topological polar surface area (TPSA) is 0 Å². The Hall–Kier alpha value is -1.22. The number of hydrogen-bond acceptors (Lipinski definition) is 0. The first-order valence-electron chi connectivity index (χ1n) is 4.91. The van der Waals surface area contributed by atoms with Gasteiger partial charge in [0.1, 0.15) is 0 Å². The Labute approximate surface area is 81.0 Å². The van der Waals surface area contributed by atoms with Crippen LogP contribution in [-0.4, -0.2) is 0 Å². The fourth-order valence-corrected chi connectivity index (χ4v) is 1.33. The van der Waals surface area contributed by atoms with Crippen molar-refractivity contribution < 1.29 is 0 Å². The van der Waals surface area contributed by atoms with Gasteiger partial charge in [0.15, 0.2) is 0 Å². The van der Waals surface area contributed by atoms with Crippen molar-refractivity contribution in [1.29, 1.82) is 0 Å². The van der Waals surface area contributed by atoms with Gasteiger partial charge in [-0.1, -0.05) is 50.1 Å². The quantitative estimate of drug-likeness (QED) is 0.598. The summed E-state index contributed by atoms with van der Waals surface area (Å²) in [5.74, 6) is 6.85. The van der Waals surface area contributed by atoms with E-state index in [1.165, 1.54) is 5.56 Å². The molecule has 0 aromatic heterocycles. The molecular formula is C13H16. The molecule has 13 heavy (non-hydrogen) atoms. The fourth-order valence-electron chi connectivity index (χ4n) is 1.33. The van der Waals surface area contributed by atoms with E-state index in [9.17, 15) is 0 Å². The summed E-state index contributed by atoms with van der Waals surface area (Å²) in [5, 5.41) is 0. The van der Waals surface area contributed by atoms with Gasteiger partial charge in [-0.05, 0) is 12.0 Å². The molecule has 0 amide bonds. The van der Waals surface area contributed by atoms with Crippen molar-refractivity contribution in [3.05, 3.63) is 35.9 Å². The van der Waals surface area contributed by atoms with E-state index in [4.69, 9.17) is 0 Å². The van der Waals surface area contributed by atoms with Crippen LogP contribution in [0.1, 0.15) is 38.2 Å². The van der Waals surface area contributed by atoms with Gasteiger partial charge in [0.2, 0.25) is 0 Å². The van der Waals surface area contributed by atoms with Gasteiger partial charge in [-0.3, -0.25) is 0 Å². The Kier molecular flexibility index (Phi) is 4.12. The molecule has 0 radical (unpaired) electrons. The molecule has 0 heterocycles. The summed E-state index contributed by atoms with van der Waals surface area (Å²) in [4.78, 5) is 0. The molecule has 1 unspecified atom stereocenters. The highest BCUT2D eigenvalue weighted by Gasteiger charge is 2.03. The van der Waals surface area contributed by atoms with Gasteiger partial charge in [0, 0.05) is 12.3 Å². The Morgan fingerprint density at radius 1 is 1.15 bits per heavy atom.